The van der Waals surface area contributed by atoms with Gasteiger partial charge >= 0.3 is 0 Å². The highest BCUT2D eigenvalue weighted by Gasteiger charge is 2.29. The third-order valence-corrected chi connectivity index (χ3v) is 6.62. The number of hydrogen-bond acceptors (Lipinski definition) is 5. The second-order valence-corrected chi connectivity index (χ2v) is 7.94. The van der Waals surface area contributed by atoms with Gasteiger partial charge in [0.2, 0.25) is 5.91 Å². The molecule has 0 fully saturated rings. The maximum Gasteiger partial charge on any atom is 0.233 e. The van der Waals surface area contributed by atoms with E-state index in [9.17, 15) is 4.79 Å². The summed E-state index contributed by atoms with van der Waals surface area (Å²) in [6, 6.07) is 2.46. The Morgan fingerprint density at radius 3 is 3.14 bits per heavy atom. The lowest BCUT2D eigenvalue weighted by Gasteiger charge is -2.35. The van der Waals surface area contributed by atoms with E-state index >= 15 is 0 Å². The van der Waals surface area contributed by atoms with Gasteiger partial charge in [0, 0.05) is 28.8 Å². The van der Waals surface area contributed by atoms with Crippen LogP contribution in [0.25, 0.3) is 0 Å². The number of carbonyl (C=O) groups excluding carboxylic acids is 1. The van der Waals surface area contributed by atoms with Crippen LogP contribution < -0.4 is 0 Å². The molecule has 1 atom stereocenters. The highest BCUT2D eigenvalue weighted by molar-refractivity contribution is 7.99. The molecule has 0 aliphatic carbocycles. The largest absolute Gasteiger partial charge is 0.335 e. The van der Waals surface area contributed by atoms with E-state index in [1.54, 1.807) is 23.1 Å². The molecule has 3 heterocycles. The first-order chi connectivity index (χ1) is 10.3. The lowest BCUT2D eigenvalue weighted by molar-refractivity contribution is -0.131. The molecule has 0 bridgehead atoms. The van der Waals surface area contributed by atoms with Crippen LogP contribution in [-0.4, -0.2) is 28.1 Å². The summed E-state index contributed by atoms with van der Waals surface area (Å²) >= 11 is 5.14. The van der Waals surface area contributed by atoms with Crippen LogP contribution >= 0.6 is 34.4 Å². The molecule has 1 aliphatic heterocycles. The van der Waals surface area contributed by atoms with Gasteiger partial charge in [-0.15, -0.1) is 34.4 Å². The Labute approximate surface area is 137 Å². The molecule has 0 saturated carbocycles. The molecule has 0 spiro atoms. The zero-order valence-corrected chi connectivity index (χ0v) is 14.4. The summed E-state index contributed by atoms with van der Waals surface area (Å²) in [6.07, 6.45) is 3.82. The Morgan fingerprint density at radius 2 is 2.38 bits per heavy atom. The third-order valence-electron chi connectivity index (χ3n) is 3.74. The minimum Gasteiger partial charge on any atom is -0.335 e. The number of thiazole rings is 1. The molecule has 2 aromatic heterocycles. The smallest absolute Gasteiger partial charge is 0.233 e. The monoisotopic (exact) mass is 338 g/mol. The fraction of sp³-hybridized carbons (Fsp3) is 0.467. The zero-order chi connectivity index (χ0) is 14.7. The van der Waals surface area contributed by atoms with Gasteiger partial charge in [-0.2, -0.15) is 0 Å². The SMILES string of the molecule is CC[C@@H]1c2ccsc2CCN1C(=O)CSCc1nccs1. The molecule has 3 rings (SSSR count). The number of rotatable bonds is 5. The number of thiophene rings is 1. The topological polar surface area (TPSA) is 33.2 Å². The first-order valence-corrected chi connectivity index (χ1v) is 10.0. The molecule has 6 heteroatoms. The maximum atomic E-state index is 12.5. The summed E-state index contributed by atoms with van der Waals surface area (Å²) in [5, 5.41) is 5.23. The van der Waals surface area contributed by atoms with Crippen LogP contribution in [-0.2, 0) is 17.0 Å². The van der Waals surface area contributed by atoms with Crippen molar-refractivity contribution in [2.75, 3.05) is 12.3 Å². The van der Waals surface area contributed by atoms with Crippen molar-refractivity contribution in [3.05, 3.63) is 38.5 Å². The van der Waals surface area contributed by atoms with Crippen molar-refractivity contribution >= 4 is 40.3 Å². The van der Waals surface area contributed by atoms with E-state index in [2.05, 4.69) is 28.3 Å². The first kappa shape index (κ1) is 15.1. The van der Waals surface area contributed by atoms with Crippen molar-refractivity contribution in [2.24, 2.45) is 0 Å². The molecular weight excluding hydrogens is 320 g/mol. The zero-order valence-electron chi connectivity index (χ0n) is 11.9. The van der Waals surface area contributed by atoms with Crippen molar-refractivity contribution in [2.45, 2.75) is 31.6 Å². The number of amides is 1. The molecule has 112 valence electrons. The van der Waals surface area contributed by atoms with E-state index in [0.29, 0.717) is 5.75 Å². The van der Waals surface area contributed by atoms with Gasteiger partial charge in [0.05, 0.1) is 11.8 Å². The Balaban J connectivity index is 1.59. The quantitative estimate of drug-likeness (QED) is 0.827. The Morgan fingerprint density at radius 1 is 1.48 bits per heavy atom. The van der Waals surface area contributed by atoms with Crippen LogP contribution in [0.5, 0.6) is 0 Å². The van der Waals surface area contributed by atoms with E-state index < -0.39 is 0 Å². The molecule has 0 unspecified atom stereocenters. The minimum atomic E-state index is 0.264. The number of carbonyl (C=O) groups is 1. The van der Waals surface area contributed by atoms with Gasteiger partial charge in [0.25, 0.3) is 0 Å². The molecule has 0 N–H and O–H groups in total. The van der Waals surface area contributed by atoms with Crippen LogP contribution in [0.3, 0.4) is 0 Å². The molecule has 3 nitrogen and oxygen atoms in total. The summed E-state index contributed by atoms with van der Waals surface area (Å²) in [4.78, 5) is 20.3. The molecule has 0 radical (unpaired) electrons. The van der Waals surface area contributed by atoms with Gasteiger partial charge < -0.3 is 4.90 Å². The summed E-state index contributed by atoms with van der Waals surface area (Å²) in [7, 11) is 0. The fourth-order valence-electron chi connectivity index (χ4n) is 2.77. The molecule has 21 heavy (non-hydrogen) atoms. The highest BCUT2D eigenvalue weighted by atomic mass is 32.2. The predicted molar refractivity (Wildman–Crippen MR) is 91.0 cm³/mol. The summed E-state index contributed by atoms with van der Waals surface area (Å²) in [5.41, 5.74) is 1.37. The Hall–Kier alpha value is -0.850. The van der Waals surface area contributed by atoms with Crippen LogP contribution in [0.15, 0.2) is 23.0 Å². The normalized spacial score (nSPS) is 17.8. The first-order valence-electron chi connectivity index (χ1n) is 7.11. The van der Waals surface area contributed by atoms with Crippen molar-refractivity contribution < 1.29 is 4.79 Å². The average Bonchev–Trinajstić information content (AvgIpc) is 3.16. The number of hydrogen-bond donors (Lipinski definition) is 0. The second kappa shape index (κ2) is 6.94. The van der Waals surface area contributed by atoms with Crippen LogP contribution in [0.1, 0.15) is 34.8 Å². The molecule has 1 aliphatic rings. The van der Waals surface area contributed by atoms with Crippen molar-refractivity contribution in [3.8, 4) is 0 Å². The van der Waals surface area contributed by atoms with Crippen molar-refractivity contribution in [1.29, 1.82) is 0 Å². The molecular formula is C15H18N2OS3. The van der Waals surface area contributed by atoms with E-state index in [0.717, 1.165) is 30.1 Å². The van der Waals surface area contributed by atoms with Crippen molar-refractivity contribution in [1.82, 2.24) is 9.88 Å². The molecule has 1 amide bonds. The summed E-state index contributed by atoms with van der Waals surface area (Å²) < 4.78 is 0. The number of aromatic nitrogens is 1. The summed E-state index contributed by atoms with van der Waals surface area (Å²) in [5.74, 6) is 1.65. The van der Waals surface area contributed by atoms with Crippen molar-refractivity contribution in [3.63, 3.8) is 0 Å². The van der Waals surface area contributed by atoms with Gasteiger partial charge in [-0.1, -0.05) is 6.92 Å². The summed E-state index contributed by atoms with van der Waals surface area (Å²) in [6.45, 7) is 3.03. The Kier molecular flexibility index (Phi) is 4.98. The van der Waals surface area contributed by atoms with E-state index in [1.807, 2.05) is 22.9 Å². The lowest BCUT2D eigenvalue weighted by Crippen LogP contribution is -2.40. The molecule has 0 saturated heterocycles. The number of thioether (sulfide) groups is 1. The van der Waals surface area contributed by atoms with Crippen LogP contribution in [0.2, 0.25) is 0 Å². The highest BCUT2D eigenvalue weighted by Crippen LogP contribution is 2.35. The van der Waals surface area contributed by atoms with Gasteiger partial charge in [0.1, 0.15) is 5.01 Å². The standard InChI is InChI=1S/C15H18N2OS3/c1-2-12-11-4-7-20-13(11)3-6-17(12)15(18)10-19-9-14-16-5-8-21-14/h4-5,7-8,12H,2-3,6,9-10H2,1H3/t12-/m1/s1. The second-order valence-electron chi connectivity index (χ2n) is 4.98. The van der Waals surface area contributed by atoms with Gasteiger partial charge in [-0.25, -0.2) is 4.98 Å². The third kappa shape index (κ3) is 3.33. The fourth-order valence-corrected chi connectivity index (χ4v) is 5.31. The van der Waals surface area contributed by atoms with E-state index in [1.165, 1.54) is 10.4 Å². The molecule has 2 aromatic rings. The number of fused-ring (bicyclic) bond motifs is 1. The van der Waals surface area contributed by atoms with Gasteiger partial charge in [-0.3, -0.25) is 4.79 Å². The van der Waals surface area contributed by atoms with Gasteiger partial charge in [-0.05, 0) is 29.9 Å². The predicted octanol–water partition coefficient (Wildman–Crippen LogP) is 3.97. The van der Waals surface area contributed by atoms with E-state index in [4.69, 9.17) is 0 Å². The lowest BCUT2D eigenvalue weighted by atomic mass is 9.98. The Bertz CT molecular complexity index is 594. The molecule has 0 aromatic carbocycles. The minimum absolute atomic E-state index is 0.264. The van der Waals surface area contributed by atoms with Gasteiger partial charge in [0.15, 0.2) is 0 Å². The number of nitrogens with zero attached hydrogens (tertiary/aromatic N) is 2. The maximum absolute atomic E-state index is 12.5. The average molecular weight is 339 g/mol. The van der Waals surface area contributed by atoms with E-state index in [-0.39, 0.29) is 11.9 Å². The van der Waals surface area contributed by atoms with Crippen LogP contribution in [0, 0.1) is 0 Å². The van der Waals surface area contributed by atoms with Crippen LogP contribution in [0.4, 0.5) is 0 Å².